The van der Waals surface area contributed by atoms with Crippen LogP contribution in [-0.4, -0.2) is 25.3 Å². The number of hydrogen-bond acceptors (Lipinski definition) is 6. The summed E-state index contributed by atoms with van der Waals surface area (Å²) in [7, 11) is 3.22. The van der Waals surface area contributed by atoms with Crippen molar-refractivity contribution in [2.75, 3.05) is 14.2 Å². The van der Waals surface area contributed by atoms with Crippen LogP contribution in [0.15, 0.2) is 82.7 Å². The highest BCUT2D eigenvalue weighted by atomic mass is 32.2. The summed E-state index contributed by atoms with van der Waals surface area (Å²) in [6, 6.07) is 22.8. The van der Waals surface area contributed by atoms with Crippen LogP contribution in [0.25, 0.3) is 6.08 Å². The van der Waals surface area contributed by atoms with E-state index < -0.39 is 0 Å². The smallest absolute Gasteiger partial charge is 0.264 e. The molecular formula is C25H22N2O4S. The highest BCUT2D eigenvalue weighted by molar-refractivity contribution is 8.18. The predicted molar refractivity (Wildman–Crippen MR) is 128 cm³/mol. The van der Waals surface area contributed by atoms with Crippen LogP contribution < -0.4 is 19.5 Å². The fourth-order valence-electron chi connectivity index (χ4n) is 3.04. The average Bonchev–Trinajstić information content (AvgIpc) is 3.17. The number of rotatable bonds is 7. The summed E-state index contributed by atoms with van der Waals surface area (Å²) in [5.74, 6) is 1.81. The maximum atomic E-state index is 12.4. The van der Waals surface area contributed by atoms with Crippen molar-refractivity contribution in [1.82, 2.24) is 5.32 Å². The molecule has 0 aromatic heterocycles. The molecule has 1 aliphatic rings. The molecule has 0 atom stereocenters. The molecule has 32 heavy (non-hydrogen) atoms. The molecule has 0 spiro atoms. The fraction of sp³-hybridized carbons (Fsp3) is 0.120. The second kappa shape index (κ2) is 10.1. The van der Waals surface area contributed by atoms with Gasteiger partial charge in [-0.05, 0) is 65.4 Å². The molecule has 6 nitrogen and oxygen atoms in total. The zero-order valence-corrected chi connectivity index (χ0v) is 18.5. The molecule has 7 heteroatoms. The number of carbonyl (C=O) groups excluding carboxylic acids is 1. The molecule has 1 N–H and O–H groups in total. The molecule has 0 saturated carbocycles. The van der Waals surface area contributed by atoms with Crippen LogP contribution in [0.2, 0.25) is 0 Å². The van der Waals surface area contributed by atoms with Gasteiger partial charge in [0.15, 0.2) is 16.7 Å². The van der Waals surface area contributed by atoms with Crippen LogP contribution in [0, 0.1) is 0 Å². The Kier molecular flexibility index (Phi) is 6.77. The molecule has 1 saturated heterocycles. The monoisotopic (exact) mass is 446 g/mol. The Bertz CT molecular complexity index is 1160. The summed E-state index contributed by atoms with van der Waals surface area (Å²) in [4.78, 5) is 17.5. The van der Waals surface area contributed by atoms with Crippen molar-refractivity contribution >= 4 is 34.6 Å². The zero-order chi connectivity index (χ0) is 22.3. The number of carbonyl (C=O) groups is 1. The normalized spacial score (nSPS) is 15.6. The number of ether oxygens (including phenoxy) is 3. The average molecular weight is 447 g/mol. The second-order valence-corrected chi connectivity index (χ2v) is 7.89. The van der Waals surface area contributed by atoms with Crippen LogP contribution in [0.1, 0.15) is 11.1 Å². The predicted octanol–water partition coefficient (Wildman–Crippen LogP) is 5.17. The molecule has 0 bridgehead atoms. The number of methoxy groups -OCH3 is 2. The number of nitrogens with zero attached hydrogens (tertiary/aromatic N) is 1. The highest BCUT2D eigenvalue weighted by Gasteiger charge is 2.24. The van der Waals surface area contributed by atoms with Gasteiger partial charge in [0.25, 0.3) is 5.91 Å². The molecule has 0 unspecified atom stereocenters. The van der Waals surface area contributed by atoms with Crippen LogP contribution in [0.4, 0.5) is 5.69 Å². The zero-order valence-electron chi connectivity index (χ0n) is 17.7. The standard InChI is InChI=1S/C25H22N2O4S/c1-29-20-11-9-19(10-12-20)26-25-27-24(28)23(32-25)15-18-8-13-21(30-2)22(14-18)31-16-17-6-4-3-5-7-17/h3-15H,16H2,1-2H3,(H,26,27,28)/b23-15-. The molecule has 4 rings (SSSR count). The summed E-state index contributed by atoms with van der Waals surface area (Å²) < 4.78 is 16.5. The van der Waals surface area contributed by atoms with E-state index in [-0.39, 0.29) is 5.91 Å². The van der Waals surface area contributed by atoms with Gasteiger partial charge in [0.2, 0.25) is 0 Å². The Labute approximate surface area is 190 Å². The summed E-state index contributed by atoms with van der Waals surface area (Å²) in [5, 5.41) is 3.33. The maximum Gasteiger partial charge on any atom is 0.264 e. The topological polar surface area (TPSA) is 69.2 Å². The van der Waals surface area contributed by atoms with Gasteiger partial charge in [-0.1, -0.05) is 36.4 Å². The Balaban J connectivity index is 1.51. The lowest BCUT2D eigenvalue weighted by atomic mass is 10.2. The minimum atomic E-state index is -0.190. The van der Waals surface area contributed by atoms with Crippen molar-refractivity contribution < 1.29 is 19.0 Å². The molecule has 0 radical (unpaired) electrons. The lowest BCUT2D eigenvalue weighted by molar-refractivity contribution is -0.115. The van der Waals surface area contributed by atoms with Crippen LogP contribution in [-0.2, 0) is 11.4 Å². The lowest BCUT2D eigenvalue weighted by Gasteiger charge is -2.11. The van der Waals surface area contributed by atoms with E-state index in [1.165, 1.54) is 11.8 Å². The molecule has 1 amide bonds. The Morgan fingerprint density at radius 1 is 0.938 bits per heavy atom. The molecule has 0 aliphatic carbocycles. The number of nitrogens with one attached hydrogen (secondary N) is 1. The summed E-state index contributed by atoms with van der Waals surface area (Å²) >= 11 is 1.29. The van der Waals surface area contributed by atoms with E-state index in [1.54, 1.807) is 14.2 Å². The molecule has 3 aromatic carbocycles. The fourth-order valence-corrected chi connectivity index (χ4v) is 3.88. The molecule has 1 heterocycles. The van der Waals surface area contributed by atoms with Gasteiger partial charge in [0, 0.05) is 0 Å². The summed E-state index contributed by atoms with van der Waals surface area (Å²) in [6.45, 7) is 0.422. The molecule has 1 aliphatic heterocycles. The van der Waals surface area contributed by atoms with Gasteiger partial charge in [-0.2, -0.15) is 0 Å². The van der Waals surface area contributed by atoms with Gasteiger partial charge in [0.05, 0.1) is 24.8 Å². The molecular weight excluding hydrogens is 424 g/mol. The SMILES string of the molecule is COc1ccc(N=C2NC(=O)/C(=C/c3ccc(OC)c(OCc4ccccc4)c3)S2)cc1. The number of benzene rings is 3. The number of hydrogen-bond donors (Lipinski definition) is 1. The number of thioether (sulfide) groups is 1. The quantitative estimate of drug-likeness (QED) is 0.507. The van der Waals surface area contributed by atoms with Crippen molar-refractivity contribution in [2.45, 2.75) is 6.61 Å². The third-order valence-corrected chi connectivity index (χ3v) is 5.59. The van der Waals surface area contributed by atoms with Gasteiger partial charge in [-0.15, -0.1) is 0 Å². The van der Waals surface area contributed by atoms with E-state index in [4.69, 9.17) is 14.2 Å². The van der Waals surface area contributed by atoms with E-state index in [0.29, 0.717) is 28.2 Å². The van der Waals surface area contributed by atoms with Crippen LogP contribution >= 0.6 is 11.8 Å². The maximum absolute atomic E-state index is 12.4. The van der Waals surface area contributed by atoms with Crippen molar-refractivity contribution in [3.63, 3.8) is 0 Å². The van der Waals surface area contributed by atoms with Crippen molar-refractivity contribution in [3.8, 4) is 17.2 Å². The number of amidine groups is 1. The minimum absolute atomic E-state index is 0.190. The van der Waals surface area contributed by atoms with Gasteiger partial charge in [-0.3, -0.25) is 4.79 Å². The van der Waals surface area contributed by atoms with E-state index in [9.17, 15) is 4.79 Å². The first-order valence-electron chi connectivity index (χ1n) is 9.93. The first-order chi connectivity index (χ1) is 15.6. The van der Waals surface area contributed by atoms with Gasteiger partial charge < -0.3 is 19.5 Å². The van der Waals surface area contributed by atoms with Crippen molar-refractivity contribution in [2.24, 2.45) is 4.99 Å². The lowest BCUT2D eigenvalue weighted by Crippen LogP contribution is -2.19. The Hall–Kier alpha value is -3.71. The number of amides is 1. The second-order valence-electron chi connectivity index (χ2n) is 6.86. The van der Waals surface area contributed by atoms with E-state index in [2.05, 4.69) is 10.3 Å². The van der Waals surface area contributed by atoms with Crippen LogP contribution in [0.5, 0.6) is 17.2 Å². The molecule has 162 valence electrons. The van der Waals surface area contributed by atoms with Gasteiger partial charge in [0.1, 0.15) is 12.4 Å². The minimum Gasteiger partial charge on any atom is -0.497 e. The van der Waals surface area contributed by atoms with Crippen molar-refractivity contribution in [1.29, 1.82) is 0 Å². The first kappa shape index (κ1) is 21.5. The molecule has 1 fully saturated rings. The van der Waals surface area contributed by atoms with E-state index in [1.807, 2.05) is 78.9 Å². The van der Waals surface area contributed by atoms with Crippen LogP contribution in [0.3, 0.4) is 0 Å². The molecule has 3 aromatic rings. The van der Waals surface area contributed by atoms with E-state index >= 15 is 0 Å². The van der Waals surface area contributed by atoms with Crippen molar-refractivity contribution in [3.05, 3.63) is 88.8 Å². The van der Waals surface area contributed by atoms with Gasteiger partial charge in [-0.25, -0.2) is 4.99 Å². The Morgan fingerprint density at radius 2 is 1.72 bits per heavy atom. The summed E-state index contributed by atoms with van der Waals surface area (Å²) in [5.41, 5.74) is 2.62. The van der Waals surface area contributed by atoms with E-state index in [0.717, 1.165) is 22.6 Å². The first-order valence-corrected chi connectivity index (χ1v) is 10.7. The Morgan fingerprint density at radius 3 is 2.44 bits per heavy atom. The third kappa shape index (κ3) is 5.31. The third-order valence-electron chi connectivity index (χ3n) is 4.68. The largest absolute Gasteiger partial charge is 0.497 e. The van der Waals surface area contributed by atoms with Gasteiger partial charge >= 0.3 is 0 Å². The highest BCUT2D eigenvalue weighted by Crippen LogP contribution is 2.33. The summed E-state index contributed by atoms with van der Waals surface area (Å²) in [6.07, 6.45) is 1.81. The number of aliphatic imine (C=N–C) groups is 1.